The first-order chi connectivity index (χ1) is 9.78. The van der Waals surface area contributed by atoms with Crippen molar-refractivity contribution in [1.29, 1.82) is 0 Å². The number of fused-ring (bicyclic) bond motifs is 4. The van der Waals surface area contributed by atoms with E-state index in [-0.39, 0.29) is 6.10 Å². The zero-order valence-electron chi connectivity index (χ0n) is 12.4. The lowest BCUT2D eigenvalue weighted by molar-refractivity contribution is 0.0578. The van der Waals surface area contributed by atoms with Crippen molar-refractivity contribution in [2.24, 2.45) is 0 Å². The van der Waals surface area contributed by atoms with Crippen molar-refractivity contribution in [3.63, 3.8) is 0 Å². The Morgan fingerprint density at radius 2 is 2.30 bits per heavy atom. The molecule has 0 aromatic carbocycles. The Hall–Kier alpha value is -1.13. The van der Waals surface area contributed by atoms with Crippen LogP contribution in [0.4, 0.5) is 5.82 Å². The van der Waals surface area contributed by atoms with Crippen LogP contribution in [-0.4, -0.2) is 30.2 Å². The summed E-state index contributed by atoms with van der Waals surface area (Å²) >= 11 is 0. The first-order valence-corrected chi connectivity index (χ1v) is 7.91. The maximum Gasteiger partial charge on any atom is 0.132 e. The molecule has 4 nitrogen and oxygen atoms in total. The number of hydrogen-bond acceptors (Lipinski definition) is 4. The maximum atomic E-state index is 5.91. The third-order valence-corrected chi connectivity index (χ3v) is 4.87. The number of anilines is 1. The number of aromatic nitrogens is 1. The average Bonchev–Trinajstić information content (AvgIpc) is 2.99. The smallest absolute Gasteiger partial charge is 0.132 e. The number of nitrogens with one attached hydrogen (secondary N) is 1. The summed E-state index contributed by atoms with van der Waals surface area (Å²) in [6.07, 6.45) is 3.58. The largest absolute Gasteiger partial charge is 0.367 e. The molecule has 4 heteroatoms. The van der Waals surface area contributed by atoms with Gasteiger partial charge in [-0.2, -0.15) is 0 Å². The van der Waals surface area contributed by atoms with Gasteiger partial charge in [0.05, 0.1) is 12.3 Å². The Kier molecular flexibility index (Phi) is 2.97. The maximum absolute atomic E-state index is 5.91. The van der Waals surface area contributed by atoms with Gasteiger partial charge >= 0.3 is 0 Å². The van der Waals surface area contributed by atoms with E-state index in [1.807, 2.05) is 0 Å². The van der Waals surface area contributed by atoms with Crippen LogP contribution in [0.5, 0.6) is 0 Å². The lowest BCUT2D eigenvalue weighted by Gasteiger charge is -2.37. The molecule has 1 fully saturated rings. The summed E-state index contributed by atoms with van der Waals surface area (Å²) in [5.74, 6) is 1.23. The lowest BCUT2D eigenvalue weighted by atomic mass is 10.0. The molecular formula is C16H23N3O. The van der Waals surface area contributed by atoms with Crippen LogP contribution in [0.25, 0.3) is 0 Å². The van der Waals surface area contributed by atoms with E-state index in [0.29, 0.717) is 12.1 Å². The Labute approximate surface area is 120 Å². The standard InChI is InChI=1S/C16H23N3O/c1-3-4-14-15-12(9-20-14)5-11-6-13-8-17-7-10(2)19(13)16(11)18-15/h5,10,13-14,17H,3-4,6-9H2,1-2H3/t10-,13-,14-/m1/s1. The van der Waals surface area contributed by atoms with Crippen LogP contribution in [0.15, 0.2) is 6.07 Å². The second-order valence-corrected chi connectivity index (χ2v) is 6.38. The molecule has 0 bridgehead atoms. The van der Waals surface area contributed by atoms with E-state index in [9.17, 15) is 0 Å². The molecule has 108 valence electrons. The van der Waals surface area contributed by atoms with Gasteiger partial charge in [-0.3, -0.25) is 0 Å². The van der Waals surface area contributed by atoms with Gasteiger partial charge in [0.25, 0.3) is 0 Å². The van der Waals surface area contributed by atoms with Crippen LogP contribution in [0.1, 0.15) is 49.6 Å². The van der Waals surface area contributed by atoms with Crippen LogP contribution in [-0.2, 0) is 17.8 Å². The van der Waals surface area contributed by atoms with E-state index in [4.69, 9.17) is 9.72 Å². The van der Waals surface area contributed by atoms with Crippen molar-refractivity contribution in [3.8, 4) is 0 Å². The van der Waals surface area contributed by atoms with Gasteiger partial charge in [-0.25, -0.2) is 4.98 Å². The lowest BCUT2D eigenvalue weighted by Crippen LogP contribution is -2.55. The van der Waals surface area contributed by atoms with Gasteiger partial charge < -0.3 is 15.0 Å². The van der Waals surface area contributed by atoms with Crippen LogP contribution in [0.3, 0.4) is 0 Å². The Bertz CT molecular complexity index is 531. The quantitative estimate of drug-likeness (QED) is 0.896. The van der Waals surface area contributed by atoms with Crippen LogP contribution in [0.2, 0.25) is 0 Å². The highest BCUT2D eigenvalue weighted by Gasteiger charge is 2.38. The molecule has 3 atom stereocenters. The van der Waals surface area contributed by atoms with Gasteiger partial charge in [-0.1, -0.05) is 13.3 Å². The second-order valence-electron chi connectivity index (χ2n) is 6.38. The van der Waals surface area contributed by atoms with Gasteiger partial charge in [0.15, 0.2) is 0 Å². The molecule has 0 saturated carbocycles. The van der Waals surface area contributed by atoms with E-state index in [2.05, 4.69) is 30.1 Å². The summed E-state index contributed by atoms with van der Waals surface area (Å²) in [6.45, 7) is 7.40. The highest BCUT2D eigenvalue weighted by molar-refractivity contribution is 5.58. The number of rotatable bonds is 2. The zero-order valence-corrected chi connectivity index (χ0v) is 12.4. The average molecular weight is 273 g/mol. The fourth-order valence-electron chi connectivity index (χ4n) is 3.95. The van der Waals surface area contributed by atoms with E-state index < -0.39 is 0 Å². The van der Waals surface area contributed by atoms with Crippen molar-refractivity contribution in [2.75, 3.05) is 18.0 Å². The highest BCUT2D eigenvalue weighted by Crippen LogP contribution is 2.40. The van der Waals surface area contributed by atoms with Crippen molar-refractivity contribution >= 4 is 5.82 Å². The molecule has 1 aromatic heterocycles. The summed E-state index contributed by atoms with van der Waals surface area (Å²) in [5.41, 5.74) is 3.95. The molecule has 1 aromatic rings. The molecule has 20 heavy (non-hydrogen) atoms. The molecule has 3 aliphatic rings. The van der Waals surface area contributed by atoms with Gasteiger partial charge in [0, 0.05) is 30.7 Å². The molecule has 1 N–H and O–H groups in total. The number of ether oxygens (including phenoxy) is 1. The predicted molar refractivity (Wildman–Crippen MR) is 79.0 cm³/mol. The summed E-state index contributed by atoms with van der Waals surface area (Å²) < 4.78 is 5.91. The minimum Gasteiger partial charge on any atom is -0.367 e. The fourth-order valence-corrected chi connectivity index (χ4v) is 3.95. The molecule has 3 aliphatic heterocycles. The van der Waals surface area contributed by atoms with Gasteiger partial charge in [-0.05, 0) is 31.4 Å². The SMILES string of the molecule is CCC[C@H]1OCc2cc3c(nc21)N1[C@@H](CNC[C@H]1C)C3. The number of nitrogens with zero attached hydrogens (tertiary/aromatic N) is 2. The molecule has 0 spiro atoms. The molecule has 0 radical (unpaired) electrons. The summed E-state index contributed by atoms with van der Waals surface area (Å²) in [4.78, 5) is 7.58. The van der Waals surface area contributed by atoms with Crippen molar-refractivity contribution < 1.29 is 4.74 Å². The van der Waals surface area contributed by atoms with Crippen molar-refractivity contribution in [3.05, 3.63) is 22.9 Å². The van der Waals surface area contributed by atoms with Crippen molar-refractivity contribution in [1.82, 2.24) is 10.3 Å². The number of piperazine rings is 1. The summed E-state index contributed by atoms with van der Waals surface area (Å²) in [6, 6.07) is 3.49. The van der Waals surface area contributed by atoms with Gasteiger partial charge in [-0.15, -0.1) is 0 Å². The number of hydrogen-bond donors (Lipinski definition) is 1. The Balaban J connectivity index is 1.73. The molecule has 4 rings (SSSR count). The Morgan fingerprint density at radius 3 is 3.15 bits per heavy atom. The number of pyridine rings is 1. The molecule has 0 amide bonds. The third-order valence-electron chi connectivity index (χ3n) is 4.87. The fraction of sp³-hybridized carbons (Fsp3) is 0.688. The van der Waals surface area contributed by atoms with E-state index in [0.717, 1.165) is 39.0 Å². The van der Waals surface area contributed by atoms with Crippen LogP contribution >= 0.6 is 0 Å². The minimum absolute atomic E-state index is 0.220. The van der Waals surface area contributed by atoms with E-state index >= 15 is 0 Å². The van der Waals surface area contributed by atoms with Crippen molar-refractivity contribution in [2.45, 2.75) is 57.9 Å². The topological polar surface area (TPSA) is 37.4 Å². The molecule has 0 aliphatic carbocycles. The van der Waals surface area contributed by atoms with Crippen LogP contribution < -0.4 is 10.2 Å². The third kappa shape index (κ3) is 1.78. The normalized spacial score (nSPS) is 31.1. The second kappa shape index (κ2) is 4.71. The van der Waals surface area contributed by atoms with E-state index in [1.165, 1.54) is 22.6 Å². The van der Waals surface area contributed by atoms with Gasteiger partial charge in [0.2, 0.25) is 0 Å². The zero-order chi connectivity index (χ0) is 13.7. The summed E-state index contributed by atoms with van der Waals surface area (Å²) in [7, 11) is 0. The van der Waals surface area contributed by atoms with Crippen LogP contribution in [0, 0.1) is 0 Å². The Morgan fingerprint density at radius 1 is 1.40 bits per heavy atom. The van der Waals surface area contributed by atoms with Gasteiger partial charge in [0.1, 0.15) is 11.9 Å². The first-order valence-electron chi connectivity index (χ1n) is 7.91. The highest BCUT2D eigenvalue weighted by atomic mass is 16.5. The minimum atomic E-state index is 0.220. The van der Waals surface area contributed by atoms with E-state index in [1.54, 1.807) is 0 Å². The first kappa shape index (κ1) is 12.6. The summed E-state index contributed by atoms with van der Waals surface area (Å²) in [5, 5.41) is 3.53. The predicted octanol–water partition coefficient (Wildman–Crippen LogP) is 2.18. The molecule has 0 unspecified atom stereocenters. The molecule has 4 heterocycles. The molecule has 1 saturated heterocycles. The monoisotopic (exact) mass is 273 g/mol. The molecular weight excluding hydrogens is 250 g/mol.